The van der Waals surface area contributed by atoms with Crippen LogP contribution >= 0.6 is 0 Å². The molecule has 0 radical (unpaired) electrons. The summed E-state index contributed by atoms with van der Waals surface area (Å²) in [5.41, 5.74) is 0.185. The summed E-state index contributed by atoms with van der Waals surface area (Å²) in [5, 5.41) is 10.3. The van der Waals surface area contributed by atoms with Gasteiger partial charge in [-0.3, -0.25) is 4.90 Å². The van der Waals surface area contributed by atoms with Crippen molar-refractivity contribution in [3.8, 4) is 0 Å². The lowest BCUT2D eigenvalue weighted by atomic mass is 9.76. The van der Waals surface area contributed by atoms with Crippen molar-refractivity contribution >= 4 is 0 Å². The second kappa shape index (κ2) is 5.71. The third-order valence-electron chi connectivity index (χ3n) is 5.08. The van der Waals surface area contributed by atoms with Crippen molar-refractivity contribution in [1.29, 1.82) is 0 Å². The molecule has 2 nitrogen and oxygen atoms in total. The molecule has 0 aromatic heterocycles. The number of likely N-dealkylation sites (N-methyl/N-ethyl adjacent to an activating group) is 1. The molecule has 0 aliphatic heterocycles. The molecule has 0 amide bonds. The van der Waals surface area contributed by atoms with Crippen molar-refractivity contribution < 1.29 is 5.11 Å². The predicted octanol–water partition coefficient (Wildman–Crippen LogP) is 3.29. The summed E-state index contributed by atoms with van der Waals surface area (Å²) in [6.07, 6.45) is 4.30. The van der Waals surface area contributed by atoms with Crippen LogP contribution in [-0.2, 0) is 0 Å². The third-order valence-corrected chi connectivity index (χ3v) is 5.08. The highest BCUT2D eigenvalue weighted by atomic mass is 16.3. The Morgan fingerprint density at radius 2 is 1.88 bits per heavy atom. The quantitative estimate of drug-likeness (QED) is 0.816. The Morgan fingerprint density at radius 3 is 2.35 bits per heavy atom. The Bertz CT molecular complexity index is 237. The minimum Gasteiger partial charge on any atom is -0.391 e. The summed E-state index contributed by atoms with van der Waals surface area (Å²) < 4.78 is 0. The molecule has 1 saturated carbocycles. The molecule has 1 aliphatic carbocycles. The van der Waals surface area contributed by atoms with Crippen LogP contribution in [0.3, 0.4) is 0 Å². The van der Waals surface area contributed by atoms with E-state index in [2.05, 4.69) is 46.6 Å². The molecule has 3 atom stereocenters. The fourth-order valence-corrected chi connectivity index (χ4v) is 2.88. The SMILES string of the molecule is CCC(C)(C)N(C)C1CC(C(C)C)CCC1O. The lowest BCUT2D eigenvalue weighted by Gasteiger charge is -2.46. The number of rotatable bonds is 4. The zero-order valence-electron chi connectivity index (χ0n) is 12.5. The minimum absolute atomic E-state index is 0.138. The number of hydrogen-bond acceptors (Lipinski definition) is 2. The monoisotopic (exact) mass is 241 g/mol. The van der Waals surface area contributed by atoms with Crippen molar-refractivity contribution in [2.45, 2.75) is 78.0 Å². The lowest BCUT2D eigenvalue weighted by Crippen LogP contribution is -2.54. The zero-order chi connectivity index (χ0) is 13.2. The highest BCUT2D eigenvalue weighted by Crippen LogP contribution is 2.35. The third kappa shape index (κ3) is 3.45. The van der Waals surface area contributed by atoms with Crippen LogP contribution in [0, 0.1) is 11.8 Å². The van der Waals surface area contributed by atoms with Gasteiger partial charge in [0.25, 0.3) is 0 Å². The van der Waals surface area contributed by atoms with Crippen LogP contribution in [0.15, 0.2) is 0 Å². The first-order valence-electron chi connectivity index (χ1n) is 7.20. The van der Waals surface area contributed by atoms with E-state index in [9.17, 15) is 5.11 Å². The molecule has 3 unspecified atom stereocenters. The van der Waals surface area contributed by atoms with E-state index in [0.717, 1.165) is 31.1 Å². The Hall–Kier alpha value is -0.0800. The highest BCUT2D eigenvalue weighted by molar-refractivity contribution is 4.92. The molecule has 0 aromatic carbocycles. The van der Waals surface area contributed by atoms with Crippen molar-refractivity contribution in [2.75, 3.05) is 7.05 Å². The van der Waals surface area contributed by atoms with Crippen LogP contribution < -0.4 is 0 Å². The molecule has 0 saturated heterocycles. The molecule has 0 spiro atoms. The molecule has 1 fully saturated rings. The van der Waals surface area contributed by atoms with Gasteiger partial charge in [0.2, 0.25) is 0 Å². The second-order valence-corrected chi connectivity index (χ2v) is 6.73. The van der Waals surface area contributed by atoms with Crippen molar-refractivity contribution in [1.82, 2.24) is 4.90 Å². The largest absolute Gasteiger partial charge is 0.391 e. The van der Waals surface area contributed by atoms with E-state index in [1.807, 2.05) is 0 Å². The standard InChI is InChI=1S/C15H31NO/c1-7-15(4,5)16(6)13-10-12(11(2)3)8-9-14(13)17/h11-14,17H,7-10H2,1-6H3. The van der Waals surface area contributed by atoms with E-state index in [4.69, 9.17) is 0 Å². The molecule has 0 heterocycles. The molecule has 1 rings (SSSR count). The van der Waals surface area contributed by atoms with Gasteiger partial charge in [0.15, 0.2) is 0 Å². The van der Waals surface area contributed by atoms with E-state index in [0.29, 0.717) is 6.04 Å². The Labute approximate surface area is 107 Å². The van der Waals surface area contributed by atoms with Gasteiger partial charge in [0.05, 0.1) is 6.10 Å². The van der Waals surface area contributed by atoms with Crippen molar-refractivity contribution in [2.24, 2.45) is 11.8 Å². The zero-order valence-corrected chi connectivity index (χ0v) is 12.5. The number of hydrogen-bond donors (Lipinski definition) is 1. The van der Waals surface area contributed by atoms with E-state index < -0.39 is 0 Å². The molecular weight excluding hydrogens is 210 g/mol. The van der Waals surface area contributed by atoms with Crippen LogP contribution in [0.5, 0.6) is 0 Å². The first-order chi connectivity index (χ1) is 7.79. The predicted molar refractivity (Wildman–Crippen MR) is 74.1 cm³/mol. The van der Waals surface area contributed by atoms with Crippen molar-refractivity contribution in [3.63, 3.8) is 0 Å². The maximum atomic E-state index is 10.3. The van der Waals surface area contributed by atoms with E-state index in [1.165, 1.54) is 6.42 Å². The van der Waals surface area contributed by atoms with Gasteiger partial charge < -0.3 is 5.11 Å². The Balaban J connectivity index is 2.73. The molecule has 17 heavy (non-hydrogen) atoms. The lowest BCUT2D eigenvalue weighted by molar-refractivity contribution is -0.0331. The van der Waals surface area contributed by atoms with E-state index >= 15 is 0 Å². The molecule has 0 aromatic rings. The second-order valence-electron chi connectivity index (χ2n) is 6.73. The first-order valence-corrected chi connectivity index (χ1v) is 7.20. The summed E-state index contributed by atoms with van der Waals surface area (Å²) in [4.78, 5) is 2.41. The summed E-state index contributed by atoms with van der Waals surface area (Å²) >= 11 is 0. The van der Waals surface area contributed by atoms with Gasteiger partial charge in [0.1, 0.15) is 0 Å². The first kappa shape index (κ1) is 15.0. The highest BCUT2D eigenvalue weighted by Gasteiger charge is 2.37. The topological polar surface area (TPSA) is 23.5 Å². The maximum Gasteiger partial charge on any atom is 0.0695 e. The number of aliphatic hydroxyl groups is 1. The summed E-state index contributed by atoms with van der Waals surface area (Å²) in [5.74, 6) is 1.52. The smallest absolute Gasteiger partial charge is 0.0695 e. The summed E-state index contributed by atoms with van der Waals surface area (Å²) in [6.45, 7) is 11.4. The van der Waals surface area contributed by atoms with Gasteiger partial charge in [-0.2, -0.15) is 0 Å². The van der Waals surface area contributed by atoms with E-state index in [-0.39, 0.29) is 11.6 Å². The number of aliphatic hydroxyl groups excluding tert-OH is 1. The fraction of sp³-hybridized carbons (Fsp3) is 1.00. The van der Waals surface area contributed by atoms with Crippen LogP contribution in [0.1, 0.15) is 60.3 Å². The van der Waals surface area contributed by atoms with Crippen LogP contribution in [-0.4, -0.2) is 34.7 Å². The van der Waals surface area contributed by atoms with Gasteiger partial charge in [-0.05, 0) is 58.4 Å². The molecule has 102 valence electrons. The summed E-state index contributed by atoms with van der Waals surface area (Å²) in [7, 11) is 2.18. The van der Waals surface area contributed by atoms with Crippen molar-refractivity contribution in [3.05, 3.63) is 0 Å². The Kier molecular flexibility index (Phi) is 5.03. The Morgan fingerprint density at radius 1 is 1.29 bits per heavy atom. The van der Waals surface area contributed by atoms with Crippen LogP contribution in [0.2, 0.25) is 0 Å². The normalized spacial score (nSPS) is 31.2. The van der Waals surface area contributed by atoms with Gasteiger partial charge >= 0.3 is 0 Å². The maximum absolute atomic E-state index is 10.3. The molecular formula is C15H31NO. The number of nitrogens with zero attached hydrogens (tertiary/aromatic N) is 1. The molecule has 1 N–H and O–H groups in total. The molecule has 0 bridgehead atoms. The van der Waals surface area contributed by atoms with Gasteiger partial charge in [0, 0.05) is 11.6 Å². The fourth-order valence-electron chi connectivity index (χ4n) is 2.88. The van der Waals surface area contributed by atoms with Crippen LogP contribution in [0.4, 0.5) is 0 Å². The average Bonchev–Trinajstić information content (AvgIpc) is 2.28. The van der Waals surface area contributed by atoms with Gasteiger partial charge in [-0.25, -0.2) is 0 Å². The molecule has 1 aliphatic rings. The van der Waals surface area contributed by atoms with Gasteiger partial charge in [-0.15, -0.1) is 0 Å². The van der Waals surface area contributed by atoms with Gasteiger partial charge in [-0.1, -0.05) is 20.8 Å². The molecule has 2 heteroatoms. The average molecular weight is 241 g/mol. The summed E-state index contributed by atoms with van der Waals surface area (Å²) in [6, 6.07) is 0.339. The van der Waals surface area contributed by atoms with E-state index in [1.54, 1.807) is 0 Å². The van der Waals surface area contributed by atoms with Crippen LogP contribution in [0.25, 0.3) is 0 Å². The minimum atomic E-state index is -0.138.